The quantitative estimate of drug-likeness (QED) is 0.146. The Morgan fingerprint density at radius 2 is 0.889 bits per heavy atom. The summed E-state index contributed by atoms with van der Waals surface area (Å²) in [4.78, 5) is 0. The monoisotopic (exact) mass is 376 g/mol. The van der Waals surface area contributed by atoms with Gasteiger partial charge in [-0.2, -0.15) is 0 Å². The van der Waals surface area contributed by atoms with Gasteiger partial charge in [0.15, 0.2) is 0 Å². The van der Waals surface area contributed by atoms with Gasteiger partial charge in [-0.1, -0.05) is 136 Å². The zero-order chi connectivity index (χ0) is 19.8. The van der Waals surface area contributed by atoms with Gasteiger partial charge in [0, 0.05) is 12.8 Å². The second-order valence-corrected chi connectivity index (χ2v) is 8.80. The van der Waals surface area contributed by atoms with Gasteiger partial charge in [-0.05, 0) is 12.3 Å². The lowest BCUT2D eigenvalue weighted by Crippen LogP contribution is -1.95. The van der Waals surface area contributed by atoms with Crippen LogP contribution in [0, 0.1) is 17.8 Å². The maximum absolute atomic E-state index is 3.25. The van der Waals surface area contributed by atoms with Crippen LogP contribution in [0.5, 0.6) is 0 Å². The van der Waals surface area contributed by atoms with E-state index in [0.29, 0.717) is 0 Å². The van der Waals surface area contributed by atoms with Crippen molar-refractivity contribution in [3.05, 3.63) is 0 Å². The predicted octanol–water partition coefficient (Wildman–Crippen LogP) is 9.86. The minimum atomic E-state index is 0.964. The van der Waals surface area contributed by atoms with Crippen molar-refractivity contribution in [2.24, 2.45) is 5.92 Å². The van der Waals surface area contributed by atoms with Crippen LogP contribution < -0.4 is 0 Å². The minimum Gasteiger partial charge on any atom is -0.104 e. The van der Waals surface area contributed by atoms with E-state index >= 15 is 0 Å². The van der Waals surface area contributed by atoms with Crippen LogP contribution >= 0.6 is 0 Å². The number of rotatable bonds is 20. The Morgan fingerprint density at radius 3 is 1.33 bits per heavy atom. The second-order valence-electron chi connectivity index (χ2n) is 8.80. The average molecular weight is 377 g/mol. The van der Waals surface area contributed by atoms with E-state index in [4.69, 9.17) is 0 Å². The van der Waals surface area contributed by atoms with Gasteiger partial charge in [0.05, 0.1) is 0 Å². The number of unbranched alkanes of at least 4 members (excludes halogenated alkanes) is 16. The predicted molar refractivity (Wildman–Crippen MR) is 125 cm³/mol. The van der Waals surface area contributed by atoms with E-state index in [-0.39, 0.29) is 0 Å². The standard InChI is InChI=1S/C27H52/c1-4-6-8-10-11-12-13-14-15-16-17-18-19-20-21-22-24-26-27(3)25-23-9-7-5-2/h27H,4-5,7,9-26H2,1-3H3. The Hall–Kier alpha value is -0.440. The summed E-state index contributed by atoms with van der Waals surface area (Å²) >= 11 is 0. The van der Waals surface area contributed by atoms with Crippen LogP contribution in [0.15, 0.2) is 0 Å². The van der Waals surface area contributed by atoms with Gasteiger partial charge in [-0.25, -0.2) is 0 Å². The molecule has 0 aliphatic heterocycles. The molecule has 0 nitrogen and oxygen atoms in total. The first-order valence-electron chi connectivity index (χ1n) is 12.8. The summed E-state index contributed by atoms with van der Waals surface area (Å²) in [7, 11) is 0. The maximum Gasteiger partial charge on any atom is 0.00886 e. The molecule has 0 saturated carbocycles. The van der Waals surface area contributed by atoms with Gasteiger partial charge in [0.1, 0.15) is 0 Å². The SMILES string of the molecule is CCC#CCCCCCCCCCCCCCCCC(C)CCCCCC. The van der Waals surface area contributed by atoms with Crippen molar-refractivity contribution in [2.45, 2.75) is 156 Å². The van der Waals surface area contributed by atoms with Crippen molar-refractivity contribution in [3.8, 4) is 11.8 Å². The summed E-state index contributed by atoms with van der Waals surface area (Å²) in [5, 5.41) is 0. The molecule has 0 N–H and O–H groups in total. The Morgan fingerprint density at radius 1 is 0.481 bits per heavy atom. The van der Waals surface area contributed by atoms with Crippen LogP contribution in [-0.4, -0.2) is 0 Å². The van der Waals surface area contributed by atoms with Crippen LogP contribution in [0.2, 0.25) is 0 Å². The van der Waals surface area contributed by atoms with Crippen molar-refractivity contribution in [1.82, 2.24) is 0 Å². The summed E-state index contributed by atoms with van der Waals surface area (Å²) in [5.41, 5.74) is 0. The first-order valence-corrected chi connectivity index (χ1v) is 12.8. The Bertz CT molecular complexity index is 319. The van der Waals surface area contributed by atoms with Gasteiger partial charge >= 0.3 is 0 Å². The van der Waals surface area contributed by atoms with E-state index in [1.165, 1.54) is 122 Å². The van der Waals surface area contributed by atoms with Crippen molar-refractivity contribution < 1.29 is 0 Å². The smallest absolute Gasteiger partial charge is 0.00886 e. The molecular weight excluding hydrogens is 324 g/mol. The zero-order valence-electron chi connectivity index (χ0n) is 19.4. The van der Waals surface area contributed by atoms with Crippen molar-refractivity contribution in [1.29, 1.82) is 0 Å². The summed E-state index contributed by atoms with van der Waals surface area (Å²) < 4.78 is 0. The van der Waals surface area contributed by atoms with Crippen molar-refractivity contribution in [2.75, 3.05) is 0 Å². The molecular formula is C27H52. The van der Waals surface area contributed by atoms with Gasteiger partial charge in [-0.3, -0.25) is 0 Å². The molecule has 0 aliphatic rings. The molecule has 160 valence electrons. The summed E-state index contributed by atoms with van der Waals surface area (Å²) in [5.74, 6) is 7.37. The lowest BCUT2D eigenvalue weighted by atomic mass is 9.96. The molecule has 0 heteroatoms. The van der Waals surface area contributed by atoms with E-state index in [1.54, 1.807) is 0 Å². The first-order chi connectivity index (χ1) is 13.3. The molecule has 0 aromatic rings. The summed E-state index contributed by atoms with van der Waals surface area (Å²) in [6, 6.07) is 0. The summed E-state index contributed by atoms with van der Waals surface area (Å²) in [6.07, 6.45) is 29.6. The number of hydrogen-bond acceptors (Lipinski definition) is 0. The fourth-order valence-electron chi connectivity index (χ4n) is 3.93. The first kappa shape index (κ1) is 26.6. The van der Waals surface area contributed by atoms with Crippen LogP contribution in [0.1, 0.15) is 156 Å². The largest absolute Gasteiger partial charge is 0.104 e. The molecule has 0 rings (SSSR count). The third kappa shape index (κ3) is 23.5. The average Bonchev–Trinajstić information content (AvgIpc) is 2.67. The molecule has 0 radical (unpaired) electrons. The summed E-state index contributed by atoms with van der Waals surface area (Å²) in [6.45, 7) is 6.90. The molecule has 0 heterocycles. The van der Waals surface area contributed by atoms with Crippen LogP contribution in [0.25, 0.3) is 0 Å². The highest BCUT2D eigenvalue weighted by molar-refractivity contribution is 4.97. The third-order valence-electron chi connectivity index (χ3n) is 5.85. The highest BCUT2D eigenvalue weighted by atomic mass is 14.1. The Balaban J connectivity index is 3.10. The second kappa shape index (κ2) is 23.6. The molecule has 0 spiro atoms. The van der Waals surface area contributed by atoms with Gasteiger partial charge in [-0.15, -0.1) is 11.8 Å². The minimum absolute atomic E-state index is 0.964. The molecule has 1 atom stereocenters. The van der Waals surface area contributed by atoms with E-state index in [2.05, 4.69) is 32.6 Å². The lowest BCUT2D eigenvalue weighted by Gasteiger charge is -2.10. The molecule has 0 bridgehead atoms. The van der Waals surface area contributed by atoms with Crippen LogP contribution in [0.3, 0.4) is 0 Å². The van der Waals surface area contributed by atoms with Crippen LogP contribution in [-0.2, 0) is 0 Å². The molecule has 0 aromatic carbocycles. The number of hydrogen-bond donors (Lipinski definition) is 0. The Kier molecular flexibility index (Phi) is 23.2. The van der Waals surface area contributed by atoms with E-state index < -0.39 is 0 Å². The van der Waals surface area contributed by atoms with Crippen molar-refractivity contribution >= 4 is 0 Å². The van der Waals surface area contributed by atoms with E-state index in [9.17, 15) is 0 Å². The van der Waals surface area contributed by atoms with Gasteiger partial charge in [0.2, 0.25) is 0 Å². The Labute approximate surface area is 173 Å². The van der Waals surface area contributed by atoms with Crippen LogP contribution in [0.4, 0.5) is 0 Å². The molecule has 0 saturated heterocycles. The molecule has 0 aliphatic carbocycles. The normalized spacial score (nSPS) is 12.0. The highest BCUT2D eigenvalue weighted by Gasteiger charge is 2.01. The molecule has 0 amide bonds. The van der Waals surface area contributed by atoms with Gasteiger partial charge < -0.3 is 0 Å². The lowest BCUT2D eigenvalue weighted by molar-refractivity contribution is 0.433. The zero-order valence-corrected chi connectivity index (χ0v) is 19.4. The van der Waals surface area contributed by atoms with E-state index in [1.807, 2.05) is 0 Å². The molecule has 0 fully saturated rings. The fraction of sp³-hybridized carbons (Fsp3) is 0.926. The van der Waals surface area contributed by atoms with E-state index in [0.717, 1.165) is 18.8 Å². The fourth-order valence-corrected chi connectivity index (χ4v) is 3.93. The molecule has 1 unspecified atom stereocenters. The molecule has 27 heavy (non-hydrogen) atoms. The highest BCUT2D eigenvalue weighted by Crippen LogP contribution is 2.18. The van der Waals surface area contributed by atoms with Crippen molar-refractivity contribution in [3.63, 3.8) is 0 Å². The topological polar surface area (TPSA) is 0 Å². The molecule has 0 aromatic heterocycles. The third-order valence-corrected chi connectivity index (χ3v) is 5.85. The van der Waals surface area contributed by atoms with Gasteiger partial charge in [0.25, 0.3) is 0 Å². The maximum atomic E-state index is 3.25.